The summed E-state index contributed by atoms with van der Waals surface area (Å²) in [6, 6.07) is 4.00. The van der Waals surface area contributed by atoms with Gasteiger partial charge in [0.05, 0.1) is 6.10 Å². The largest absolute Gasteiger partial charge is 0.392 e. The topological polar surface area (TPSA) is 61.4 Å². The van der Waals surface area contributed by atoms with Crippen LogP contribution in [0.1, 0.15) is 39.5 Å². The standard InChI is InChI=1S/C16H28N2O2S/c1-11(2)14(19)16(4,5)10-17-15(20)18-12(3)9-13-7-6-8-21-13/h6-8,11-12,14,19H,9-10H2,1-5H3,(H2,17,18,20). The summed E-state index contributed by atoms with van der Waals surface area (Å²) in [5, 5.41) is 18.0. The van der Waals surface area contributed by atoms with Crippen LogP contribution in [0.5, 0.6) is 0 Å². The molecule has 1 aromatic rings. The van der Waals surface area contributed by atoms with Gasteiger partial charge in [0.2, 0.25) is 0 Å². The summed E-state index contributed by atoms with van der Waals surface area (Å²) in [5.41, 5.74) is -0.345. The maximum Gasteiger partial charge on any atom is 0.315 e. The van der Waals surface area contributed by atoms with Crippen LogP contribution in [0.25, 0.3) is 0 Å². The van der Waals surface area contributed by atoms with E-state index < -0.39 is 6.10 Å². The molecule has 3 N–H and O–H groups in total. The lowest BCUT2D eigenvalue weighted by Gasteiger charge is -2.33. The normalized spacial score (nSPS) is 14.8. The van der Waals surface area contributed by atoms with Crippen LogP contribution in [0.15, 0.2) is 17.5 Å². The van der Waals surface area contributed by atoms with Crippen molar-refractivity contribution < 1.29 is 9.90 Å². The van der Waals surface area contributed by atoms with Crippen LogP contribution in [0.2, 0.25) is 0 Å². The smallest absolute Gasteiger partial charge is 0.315 e. The van der Waals surface area contributed by atoms with Gasteiger partial charge in [0.1, 0.15) is 0 Å². The number of nitrogens with one attached hydrogen (secondary N) is 2. The van der Waals surface area contributed by atoms with E-state index in [1.165, 1.54) is 4.88 Å². The molecule has 1 heterocycles. The van der Waals surface area contributed by atoms with Crippen molar-refractivity contribution in [3.8, 4) is 0 Å². The Bertz CT molecular complexity index is 429. The molecule has 21 heavy (non-hydrogen) atoms. The van der Waals surface area contributed by atoms with E-state index >= 15 is 0 Å². The molecule has 0 aliphatic heterocycles. The van der Waals surface area contributed by atoms with E-state index in [0.717, 1.165) is 6.42 Å². The monoisotopic (exact) mass is 312 g/mol. The van der Waals surface area contributed by atoms with Gasteiger partial charge in [-0.15, -0.1) is 11.3 Å². The van der Waals surface area contributed by atoms with Crippen LogP contribution in [-0.4, -0.2) is 29.8 Å². The number of carbonyl (C=O) groups is 1. The van der Waals surface area contributed by atoms with Gasteiger partial charge in [0.15, 0.2) is 0 Å². The highest BCUT2D eigenvalue weighted by atomic mass is 32.1. The third-order valence-electron chi connectivity index (χ3n) is 3.60. The minimum Gasteiger partial charge on any atom is -0.392 e. The summed E-state index contributed by atoms with van der Waals surface area (Å²) in [7, 11) is 0. The van der Waals surface area contributed by atoms with E-state index in [4.69, 9.17) is 0 Å². The number of aliphatic hydroxyl groups is 1. The van der Waals surface area contributed by atoms with Gasteiger partial charge in [-0.1, -0.05) is 33.8 Å². The first-order valence-corrected chi connectivity index (χ1v) is 8.35. The zero-order valence-corrected chi connectivity index (χ0v) is 14.5. The van der Waals surface area contributed by atoms with E-state index in [-0.39, 0.29) is 23.4 Å². The molecule has 0 bridgehead atoms. The van der Waals surface area contributed by atoms with Gasteiger partial charge in [-0.3, -0.25) is 0 Å². The highest BCUT2D eigenvalue weighted by Crippen LogP contribution is 2.24. The molecule has 0 aliphatic rings. The van der Waals surface area contributed by atoms with E-state index in [2.05, 4.69) is 16.7 Å². The summed E-state index contributed by atoms with van der Waals surface area (Å²) in [5.74, 6) is 0.169. The minimum atomic E-state index is -0.443. The molecule has 1 aromatic heterocycles. The highest BCUT2D eigenvalue weighted by Gasteiger charge is 2.30. The summed E-state index contributed by atoms with van der Waals surface area (Å²) in [4.78, 5) is 13.2. The first kappa shape index (κ1) is 18.0. The Hall–Kier alpha value is -1.07. The van der Waals surface area contributed by atoms with Crippen LogP contribution in [0.4, 0.5) is 4.79 Å². The number of thiophene rings is 1. The number of aliphatic hydroxyl groups excluding tert-OH is 1. The van der Waals surface area contributed by atoms with Crippen LogP contribution in [0.3, 0.4) is 0 Å². The molecule has 0 fully saturated rings. The van der Waals surface area contributed by atoms with Crippen LogP contribution in [0, 0.1) is 11.3 Å². The molecule has 0 aromatic carbocycles. The Morgan fingerprint density at radius 1 is 1.38 bits per heavy atom. The minimum absolute atomic E-state index is 0.0850. The maximum atomic E-state index is 11.9. The van der Waals surface area contributed by atoms with Gasteiger partial charge in [0.25, 0.3) is 0 Å². The predicted octanol–water partition coefficient (Wildman–Crippen LogP) is 3.02. The van der Waals surface area contributed by atoms with E-state index in [1.807, 2.05) is 46.1 Å². The fraction of sp³-hybridized carbons (Fsp3) is 0.688. The Morgan fingerprint density at radius 3 is 2.57 bits per heavy atom. The second-order valence-corrected chi connectivity index (χ2v) is 7.72. The molecule has 0 spiro atoms. The Kier molecular flexibility index (Phi) is 6.68. The number of amides is 2. The summed E-state index contributed by atoms with van der Waals surface area (Å²) >= 11 is 1.70. The van der Waals surface area contributed by atoms with E-state index in [9.17, 15) is 9.90 Å². The zero-order chi connectivity index (χ0) is 16.0. The van der Waals surface area contributed by atoms with Gasteiger partial charge in [0, 0.05) is 29.3 Å². The molecule has 120 valence electrons. The van der Waals surface area contributed by atoms with Crippen molar-refractivity contribution in [1.82, 2.24) is 10.6 Å². The average Bonchev–Trinajstić information content (AvgIpc) is 2.88. The van der Waals surface area contributed by atoms with Crippen molar-refractivity contribution in [2.45, 2.75) is 53.2 Å². The van der Waals surface area contributed by atoms with Crippen LogP contribution in [-0.2, 0) is 6.42 Å². The quantitative estimate of drug-likeness (QED) is 0.725. The lowest BCUT2D eigenvalue weighted by atomic mass is 9.81. The van der Waals surface area contributed by atoms with Gasteiger partial charge < -0.3 is 15.7 Å². The molecule has 5 heteroatoms. The summed E-state index contributed by atoms with van der Waals surface area (Å²) in [6.07, 6.45) is 0.393. The van der Waals surface area contributed by atoms with Crippen molar-refractivity contribution in [2.24, 2.45) is 11.3 Å². The molecule has 2 amide bonds. The van der Waals surface area contributed by atoms with Crippen LogP contribution >= 0.6 is 11.3 Å². The number of hydrogen-bond acceptors (Lipinski definition) is 3. The molecular formula is C16H28N2O2S. The Balaban J connectivity index is 2.36. The molecule has 0 aliphatic carbocycles. The number of hydrogen-bond donors (Lipinski definition) is 3. The lowest BCUT2D eigenvalue weighted by Crippen LogP contribution is -2.48. The van der Waals surface area contributed by atoms with E-state index in [1.54, 1.807) is 11.3 Å². The predicted molar refractivity (Wildman–Crippen MR) is 88.6 cm³/mol. The van der Waals surface area contributed by atoms with Gasteiger partial charge >= 0.3 is 6.03 Å². The zero-order valence-electron chi connectivity index (χ0n) is 13.6. The second kappa shape index (κ2) is 7.80. The molecule has 0 radical (unpaired) electrons. The van der Waals surface area contributed by atoms with Crippen molar-refractivity contribution in [1.29, 1.82) is 0 Å². The van der Waals surface area contributed by atoms with E-state index in [0.29, 0.717) is 6.54 Å². The molecule has 0 saturated carbocycles. The van der Waals surface area contributed by atoms with Crippen molar-refractivity contribution >= 4 is 17.4 Å². The lowest BCUT2D eigenvalue weighted by molar-refractivity contribution is 0.0151. The van der Waals surface area contributed by atoms with Gasteiger partial charge in [-0.25, -0.2) is 4.79 Å². The fourth-order valence-corrected chi connectivity index (χ4v) is 3.21. The van der Waals surface area contributed by atoms with Crippen molar-refractivity contribution in [2.75, 3.05) is 6.54 Å². The second-order valence-electron chi connectivity index (χ2n) is 6.69. The molecular weight excluding hydrogens is 284 g/mol. The molecule has 0 saturated heterocycles. The summed E-state index contributed by atoms with van der Waals surface area (Å²) < 4.78 is 0. The Labute approximate surface area is 132 Å². The highest BCUT2D eigenvalue weighted by molar-refractivity contribution is 7.09. The number of rotatable bonds is 7. The number of carbonyl (C=O) groups excluding carboxylic acids is 1. The number of urea groups is 1. The van der Waals surface area contributed by atoms with Crippen molar-refractivity contribution in [3.05, 3.63) is 22.4 Å². The third-order valence-corrected chi connectivity index (χ3v) is 4.50. The molecule has 2 atom stereocenters. The third kappa shape index (κ3) is 6.06. The van der Waals surface area contributed by atoms with Gasteiger partial charge in [-0.2, -0.15) is 0 Å². The maximum absolute atomic E-state index is 11.9. The van der Waals surface area contributed by atoms with Crippen LogP contribution < -0.4 is 10.6 Å². The van der Waals surface area contributed by atoms with Crippen molar-refractivity contribution in [3.63, 3.8) is 0 Å². The molecule has 1 rings (SSSR count). The first-order valence-electron chi connectivity index (χ1n) is 7.47. The molecule has 2 unspecified atom stereocenters. The Morgan fingerprint density at radius 2 is 2.05 bits per heavy atom. The fourth-order valence-electron chi connectivity index (χ4n) is 2.37. The van der Waals surface area contributed by atoms with Gasteiger partial charge in [-0.05, 0) is 24.3 Å². The summed E-state index contributed by atoms with van der Waals surface area (Å²) in [6.45, 7) is 10.3. The first-order chi connectivity index (χ1) is 9.72. The average molecular weight is 312 g/mol. The molecule has 4 nitrogen and oxygen atoms in total. The SMILES string of the molecule is CC(Cc1cccs1)NC(=O)NCC(C)(C)C(O)C(C)C.